The van der Waals surface area contributed by atoms with Crippen molar-refractivity contribution >= 4 is 24.4 Å². The van der Waals surface area contributed by atoms with Crippen LogP contribution < -0.4 is 4.74 Å². The fourth-order valence-corrected chi connectivity index (χ4v) is 2.55. The summed E-state index contributed by atoms with van der Waals surface area (Å²) in [7, 11) is 0. The number of carboxylic acid groups (broad SMARTS) is 1. The molecular weight excluding hydrogens is 352 g/mol. The first-order valence-corrected chi connectivity index (χ1v) is 8.18. The molecule has 2 N–H and O–H groups in total. The molecule has 132 valence electrons. The molecule has 0 aliphatic rings. The van der Waals surface area contributed by atoms with Crippen LogP contribution in [-0.2, 0) is 4.79 Å². The molecule has 0 aliphatic carbocycles. The molecule has 0 atom stereocenters. The molecule has 0 aliphatic heterocycles. The fraction of sp³-hybridized carbons (Fsp3) is 0.111. The number of H-pyrrole nitrogens is 1. The predicted molar refractivity (Wildman–Crippen MR) is 100 cm³/mol. The summed E-state index contributed by atoms with van der Waals surface area (Å²) in [6.45, 7) is 1.56. The van der Waals surface area contributed by atoms with Crippen molar-refractivity contribution in [1.29, 1.82) is 0 Å². The number of aromatic nitrogens is 3. The van der Waals surface area contributed by atoms with Crippen LogP contribution in [0.15, 0.2) is 53.6 Å². The predicted octanol–water partition coefficient (Wildman–Crippen LogP) is 3.26. The van der Waals surface area contributed by atoms with Crippen molar-refractivity contribution in [3.05, 3.63) is 64.4 Å². The molecule has 26 heavy (non-hydrogen) atoms. The third-order valence-electron chi connectivity index (χ3n) is 3.62. The Kier molecular flexibility index (Phi) is 5.23. The van der Waals surface area contributed by atoms with E-state index in [0.29, 0.717) is 21.9 Å². The number of nitrogens with zero attached hydrogens (tertiary/aromatic N) is 3. The van der Waals surface area contributed by atoms with Gasteiger partial charge in [0.15, 0.2) is 12.4 Å². The van der Waals surface area contributed by atoms with Crippen LogP contribution >= 0.6 is 12.2 Å². The molecule has 0 fully saturated rings. The van der Waals surface area contributed by atoms with Crippen molar-refractivity contribution in [1.82, 2.24) is 14.9 Å². The van der Waals surface area contributed by atoms with Crippen molar-refractivity contribution in [2.45, 2.75) is 6.92 Å². The molecule has 0 spiro atoms. The molecule has 1 heterocycles. The molecule has 3 aromatic rings. The number of hydrogen-bond acceptors (Lipinski definition) is 5. The molecule has 8 heteroatoms. The number of benzene rings is 2. The normalized spacial score (nSPS) is 11.0. The molecule has 1 aromatic heterocycles. The van der Waals surface area contributed by atoms with Crippen molar-refractivity contribution in [2.75, 3.05) is 6.61 Å². The Hall–Kier alpha value is -3.26. The zero-order chi connectivity index (χ0) is 18.5. The Morgan fingerprint density at radius 1 is 1.31 bits per heavy atom. The van der Waals surface area contributed by atoms with Crippen LogP contribution in [0, 0.1) is 11.7 Å². The van der Waals surface area contributed by atoms with Gasteiger partial charge in [-0.05, 0) is 36.8 Å². The number of ether oxygens (including phenoxy) is 1. The molecule has 0 radical (unpaired) electrons. The van der Waals surface area contributed by atoms with E-state index in [1.54, 1.807) is 24.4 Å². The molecule has 0 saturated carbocycles. The maximum Gasteiger partial charge on any atom is 0.341 e. The van der Waals surface area contributed by atoms with Crippen LogP contribution in [-0.4, -0.2) is 38.8 Å². The number of hydrogen-bond donors (Lipinski definition) is 2. The van der Waals surface area contributed by atoms with Gasteiger partial charge in [-0.3, -0.25) is 0 Å². The molecule has 7 nitrogen and oxygen atoms in total. The van der Waals surface area contributed by atoms with Gasteiger partial charge in [-0.15, -0.1) is 0 Å². The second-order valence-electron chi connectivity index (χ2n) is 5.44. The molecular formula is C18H16N4O3S. The number of para-hydroxylation sites is 1. The van der Waals surface area contributed by atoms with E-state index in [9.17, 15) is 4.79 Å². The van der Waals surface area contributed by atoms with Crippen molar-refractivity contribution in [3.8, 4) is 17.1 Å². The first-order valence-electron chi connectivity index (χ1n) is 7.77. The van der Waals surface area contributed by atoms with Crippen LogP contribution in [0.3, 0.4) is 0 Å². The standard InChI is InChI=1S/C18H16N4O3S/c1-12-6-2-4-8-14(12)17-20-21-18(26)22(17)19-10-13-7-3-5-9-15(13)25-11-16(23)24/h2-10H,11H2,1H3,(H,21,26)(H,23,24)/b19-10-. The Morgan fingerprint density at radius 2 is 2.04 bits per heavy atom. The summed E-state index contributed by atoms with van der Waals surface area (Å²) in [5, 5.41) is 20.2. The third kappa shape index (κ3) is 3.86. The quantitative estimate of drug-likeness (QED) is 0.515. The van der Waals surface area contributed by atoms with E-state index in [1.807, 2.05) is 37.3 Å². The highest BCUT2D eigenvalue weighted by Gasteiger charge is 2.10. The van der Waals surface area contributed by atoms with Crippen LogP contribution in [0.4, 0.5) is 0 Å². The minimum atomic E-state index is -1.05. The molecule has 0 unspecified atom stereocenters. The topological polar surface area (TPSA) is 92.5 Å². The Bertz CT molecular complexity index is 1020. The van der Waals surface area contributed by atoms with Crippen LogP contribution in [0.25, 0.3) is 11.4 Å². The third-order valence-corrected chi connectivity index (χ3v) is 3.88. The summed E-state index contributed by atoms with van der Waals surface area (Å²) in [5.41, 5.74) is 2.59. The number of aromatic amines is 1. The Balaban J connectivity index is 1.96. The van der Waals surface area contributed by atoms with Gasteiger partial charge in [0.1, 0.15) is 5.75 Å². The van der Waals surface area contributed by atoms with E-state index in [0.717, 1.165) is 11.1 Å². The van der Waals surface area contributed by atoms with Gasteiger partial charge in [0.05, 0.1) is 6.21 Å². The number of rotatable bonds is 6. The summed E-state index contributed by atoms with van der Waals surface area (Å²) in [6, 6.07) is 14.8. The molecule has 2 aromatic carbocycles. The van der Waals surface area contributed by atoms with Crippen molar-refractivity contribution < 1.29 is 14.6 Å². The molecule has 0 saturated heterocycles. The lowest BCUT2D eigenvalue weighted by molar-refractivity contribution is -0.139. The van der Waals surface area contributed by atoms with Gasteiger partial charge >= 0.3 is 5.97 Å². The van der Waals surface area contributed by atoms with E-state index in [2.05, 4.69) is 15.3 Å². The largest absolute Gasteiger partial charge is 0.481 e. The van der Waals surface area contributed by atoms with Gasteiger partial charge < -0.3 is 9.84 Å². The highest BCUT2D eigenvalue weighted by atomic mass is 32.1. The lowest BCUT2D eigenvalue weighted by Gasteiger charge is -2.07. The van der Waals surface area contributed by atoms with E-state index < -0.39 is 12.6 Å². The van der Waals surface area contributed by atoms with Crippen LogP contribution in [0.5, 0.6) is 5.75 Å². The molecule has 3 rings (SSSR count). The second kappa shape index (κ2) is 7.75. The van der Waals surface area contributed by atoms with Gasteiger partial charge in [-0.2, -0.15) is 14.9 Å². The molecule has 0 amide bonds. The summed E-state index contributed by atoms with van der Waals surface area (Å²) < 4.78 is 7.15. The number of aryl methyl sites for hydroxylation is 1. The minimum absolute atomic E-state index is 0.350. The van der Waals surface area contributed by atoms with E-state index in [4.69, 9.17) is 22.1 Å². The fourth-order valence-electron chi connectivity index (χ4n) is 2.37. The number of carbonyl (C=O) groups is 1. The number of carboxylic acids is 1. The van der Waals surface area contributed by atoms with Gasteiger partial charge in [0.2, 0.25) is 4.77 Å². The summed E-state index contributed by atoms with van der Waals surface area (Å²) in [6.07, 6.45) is 1.56. The van der Waals surface area contributed by atoms with Gasteiger partial charge in [0, 0.05) is 11.1 Å². The summed E-state index contributed by atoms with van der Waals surface area (Å²) >= 11 is 5.27. The van der Waals surface area contributed by atoms with Crippen LogP contribution in [0.1, 0.15) is 11.1 Å². The van der Waals surface area contributed by atoms with Gasteiger partial charge in [0.25, 0.3) is 0 Å². The summed E-state index contributed by atoms with van der Waals surface area (Å²) in [4.78, 5) is 10.7. The minimum Gasteiger partial charge on any atom is -0.481 e. The monoisotopic (exact) mass is 368 g/mol. The zero-order valence-electron chi connectivity index (χ0n) is 13.9. The molecule has 0 bridgehead atoms. The Morgan fingerprint density at radius 3 is 2.81 bits per heavy atom. The first kappa shape index (κ1) is 17.6. The summed E-state index contributed by atoms with van der Waals surface area (Å²) in [5.74, 6) is -0.0324. The highest BCUT2D eigenvalue weighted by molar-refractivity contribution is 7.71. The highest BCUT2D eigenvalue weighted by Crippen LogP contribution is 2.21. The van der Waals surface area contributed by atoms with Crippen molar-refractivity contribution in [2.24, 2.45) is 5.10 Å². The number of nitrogens with one attached hydrogen (secondary N) is 1. The Labute approximate surface area is 154 Å². The average molecular weight is 368 g/mol. The lowest BCUT2D eigenvalue weighted by Crippen LogP contribution is -2.10. The SMILES string of the molecule is Cc1ccccc1-c1n[nH]c(=S)n1/N=C\c1ccccc1OCC(=O)O. The zero-order valence-corrected chi connectivity index (χ0v) is 14.7. The van der Waals surface area contributed by atoms with E-state index in [1.165, 1.54) is 4.68 Å². The van der Waals surface area contributed by atoms with E-state index in [-0.39, 0.29) is 0 Å². The van der Waals surface area contributed by atoms with E-state index >= 15 is 0 Å². The maximum atomic E-state index is 10.7. The average Bonchev–Trinajstić information content (AvgIpc) is 2.99. The van der Waals surface area contributed by atoms with Gasteiger partial charge in [-0.1, -0.05) is 36.4 Å². The second-order valence-corrected chi connectivity index (χ2v) is 5.83. The smallest absolute Gasteiger partial charge is 0.341 e. The van der Waals surface area contributed by atoms with Gasteiger partial charge in [-0.25, -0.2) is 9.89 Å². The first-order chi connectivity index (χ1) is 12.6. The maximum absolute atomic E-state index is 10.7. The number of aliphatic carboxylic acids is 1. The lowest BCUT2D eigenvalue weighted by atomic mass is 10.1. The van der Waals surface area contributed by atoms with Crippen LogP contribution in [0.2, 0.25) is 0 Å². The van der Waals surface area contributed by atoms with Crippen molar-refractivity contribution in [3.63, 3.8) is 0 Å².